The fraction of sp³-hybridized carbons (Fsp3) is 0.310. The zero-order chi connectivity index (χ0) is 24.4. The Hall–Kier alpha value is -3.64. The molecule has 0 radical (unpaired) electrons. The summed E-state index contributed by atoms with van der Waals surface area (Å²) in [5, 5.41) is 14.4. The fourth-order valence-electron chi connectivity index (χ4n) is 5.49. The van der Waals surface area contributed by atoms with E-state index in [0.717, 1.165) is 34.7 Å². The zero-order valence-electron chi connectivity index (χ0n) is 20.0. The van der Waals surface area contributed by atoms with Crippen LogP contribution in [-0.4, -0.2) is 29.4 Å². The second kappa shape index (κ2) is 9.55. The standard InChI is InChI=1S/C29H33N5O/c30-18-29(13-4-1-5-14-29)19-33-28(35)26-15-21-11-12-22(27(31)32)16-25(21)34(26)17-23-9-6-8-20-7-2-3-10-24(20)23/h2-3,6-12,15-16H,1,4-5,13-14,17-19,30H2,(H3,31,32)(H,33,35). The maximum absolute atomic E-state index is 13.6. The quantitative estimate of drug-likeness (QED) is 0.232. The molecule has 1 fully saturated rings. The molecule has 0 unspecified atom stereocenters. The largest absolute Gasteiger partial charge is 0.384 e. The molecule has 6 heteroatoms. The second-order valence-corrected chi connectivity index (χ2v) is 9.89. The van der Waals surface area contributed by atoms with Crippen molar-refractivity contribution in [3.63, 3.8) is 0 Å². The van der Waals surface area contributed by atoms with E-state index in [4.69, 9.17) is 16.9 Å². The van der Waals surface area contributed by atoms with Gasteiger partial charge in [0, 0.05) is 29.6 Å². The number of amides is 1. The van der Waals surface area contributed by atoms with Crippen LogP contribution in [0.2, 0.25) is 0 Å². The average Bonchev–Trinajstić information content (AvgIpc) is 3.25. The summed E-state index contributed by atoms with van der Waals surface area (Å²) >= 11 is 0. The van der Waals surface area contributed by atoms with Crippen LogP contribution in [0, 0.1) is 10.8 Å². The summed E-state index contributed by atoms with van der Waals surface area (Å²) in [6.07, 6.45) is 5.70. The normalized spacial score (nSPS) is 15.3. The van der Waals surface area contributed by atoms with E-state index in [-0.39, 0.29) is 17.2 Å². The van der Waals surface area contributed by atoms with Crippen molar-refractivity contribution in [2.75, 3.05) is 13.1 Å². The molecule has 1 heterocycles. The van der Waals surface area contributed by atoms with Gasteiger partial charge in [-0.25, -0.2) is 0 Å². The molecule has 1 aliphatic carbocycles. The molecule has 35 heavy (non-hydrogen) atoms. The number of benzene rings is 3. The van der Waals surface area contributed by atoms with E-state index >= 15 is 0 Å². The number of nitrogen functional groups attached to an aromatic ring is 1. The smallest absolute Gasteiger partial charge is 0.267 e. The fourth-order valence-corrected chi connectivity index (χ4v) is 5.49. The van der Waals surface area contributed by atoms with Gasteiger partial charge < -0.3 is 21.4 Å². The molecule has 4 aromatic rings. The summed E-state index contributed by atoms with van der Waals surface area (Å²) < 4.78 is 2.05. The lowest BCUT2D eigenvalue weighted by Gasteiger charge is -2.36. The summed E-state index contributed by atoms with van der Waals surface area (Å²) in [6, 6.07) is 22.2. The van der Waals surface area contributed by atoms with Gasteiger partial charge in [0.05, 0.1) is 0 Å². The molecular weight excluding hydrogens is 434 g/mol. The van der Waals surface area contributed by atoms with Gasteiger partial charge in [0.25, 0.3) is 5.91 Å². The van der Waals surface area contributed by atoms with E-state index in [0.29, 0.717) is 30.9 Å². The number of carbonyl (C=O) groups excluding carboxylic acids is 1. The van der Waals surface area contributed by atoms with Crippen LogP contribution in [0.5, 0.6) is 0 Å². The SMILES string of the molecule is N=C(N)c1ccc2cc(C(=O)NCC3(CN)CCCCC3)n(Cc3cccc4ccccc34)c2c1. The maximum atomic E-state index is 13.6. The van der Waals surface area contributed by atoms with Crippen molar-refractivity contribution >= 4 is 33.4 Å². The molecule has 0 saturated heterocycles. The van der Waals surface area contributed by atoms with Crippen molar-refractivity contribution < 1.29 is 4.79 Å². The van der Waals surface area contributed by atoms with Crippen molar-refractivity contribution in [3.05, 3.63) is 83.6 Å². The van der Waals surface area contributed by atoms with Gasteiger partial charge in [-0.1, -0.05) is 73.9 Å². The Labute approximate surface area is 205 Å². The van der Waals surface area contributed by atoms with Crippen molar-refractivity contribution in [1.29, 1.82) is 5.41 Å². The van der Waals surface area contributed by atoms with E-state index in [2.05, 4.69) is 40.2 Å². The molecule has 1 amide bonds. The minimum absolute atomic E-state index is 0.0117. The van der Waals surface area contributed by atoms with Gasteiger partial charge in [-0.05, 0) is 53.3 Å². The van der Waals surface area contributed by atoms with Crippen molar-refractivity contribution in [2.24, 2.45) is 16.9 Å². The van der Waals surface area contributed by atoms with E-state index in [1.54, 1.807) is 0 Å². The van der Waals surface area contributed by atoms with Gasteiger partial charge in [0.1, 0.15) is 11.5 Å². The zero-order valence-corrected chi connectivity index (χ0v) is 20.0. The number of fused-ring (bicyclic) bond motifs is 2. The summed E-state index contributed by atoms with van der Waals surface area (Å²) in [4.78, 5) is 13.6. The monoisotopic (exact) mass is 467 g/mol. The number of carbonyl (C=O) groups is 1. The lowest BCUT2D eigenvalue weighted by molar-refractivity contribution is 0.0905. The Kier molecular flexibility index (Phi) is 6.31. The molecule has 6 N–H and O–H groups in total. The minimum atomic E-state index is -0.0933. The number of amidine groups is 1. The first-order chi connectivity index (χ1) is 17.0. The highest BCUT2D eigenvalue weighted by Gasteiger charge is 2.31. The molecule has 0 aliphatic heterocycles. The van der Waals surface area contributed by atoms with Crippen LogP contribution in [0.25, 0.3) is 21.7 Å². The maximum Gasteiger partial charge on any atom is 0.267 e. The molecule has 1 aromatic heterocycles. The summed E-state index contributed by atoms with van der Waals surface area (Å²) in [6.45, 7) is 1.72. The minimum Gasteiger partial charge on any atom is -0.384 e. The molecular formula is C29H33N5O. The first-order valence-corrected chi connectivity index (χ1v) is 12.4. The number of hydrogen-bond acceptors (Lipinski definition) is 3. The predicted octanol–water partition coefficient (Wildman–Crippen LogP) is 4.77. The van der Waals surface area contributed by atoms with Gasteiger partial charge in [-0.15, -0.1) is 0 Å². The van der Waals surface area contributed by atoms with E-state index in [1.807, 2.05) is 36.4 Å². The molecule has 5 rings (SSSR count). The number of nitrogens with one attached hydrogen (secondary N) is 2. The third kappa shape index (κ3) is 4.54. The Balaban J connectivity index is 1.54. The summed E-state index contributed by atoms with van der Waals surface area (Å²) in [5.74, 6) is -0.0813. The van der Waals surface area contributed by atoms with Crippen LogP contribution in [0.1, 0.15) is 53.7 Å². The van der Waals surface area contributed by atoms with Crippen LogP contribution in [0.4, 0.5) is 0 Å². The molecule has 1 saturated carbocycles. The Morgan fingerprint density at radius 2 is 1.74 bits per heavy atom. The van der Waals surface area contributed by atoms with Gasteiger partial charge >= 0.3 is 0 Å². The van der Waals surface area contributed by atoms with Crippen molar-refractivity contribution in [3.8, 4) is 0 Å². The molecule has 3 aromatic carbocycles. The molecule has 0 bridgehead atoms. The highest BCUT2D eigenvalue weighted by molar-refractivity contribution is 6.02. The van der Waals surface area contributed by atoms with E-state index in [9.17, 15) is 4.79 Å². The Bertz CT molecular complexity index is 1390. The molecule has 180 valence electrons. The lowest BCUT2D eigenvalue weighted by Crippen LogP contribution is -2.44. The van der Waals surface area contributed by atoms with Gasteiger partial charge in [-0.2, -0.15) is 0 Å². The third-order valence-corrected chi connectivity index (χ3v) is 7.63. The van der Waals surface area contributed by atoms with Crippen molar-refractivity contribution in [2.45, 2.75) is 38.6 Å². The van der Waals surface area contributed by atoms with Crippen LogP contribution in [-0.2, 0) is 6.54 Å². The molecule has 1 aliphatic rings. The molecule has 0 atom stereocenters. The number of nitrogens with zero attached hydrogens (tertiary/aromatic N) is 1. The molecule has 6 nitrogen and oxygen atoms in total. The highest BCUT2D eigenvalue weighted by atomic mass is 16.1. The first-order valence-electron chi connectivity index (χ1n) is 12.4. The average molecular weight is 468 g/mol. The third-order valence-electron chi connectivity index (χ3n) is 7.63. The van der Waals surface area contributed by atoms with Crippen LogP contribution in [0.15, 0.2) is 66.7 Å². The van der Waals surface area contributed by atoms with Crippen LogP contribution in [0.3, 0.4) is 0 Å². The Morgan fingerprint density at radius 3 is 2.51 bits per heavy atom. The topological polar surface area (TPSA) is 110 Å². The number of hydrogen-bond donors (Lipinski definition) is 4. The van der Waals surface area contributed by atoms with E-state index in [1.165, 1.54) is 24.6 Å². The lowest BCUT2D eigenvalue weighted by atomic mass is 9.74. The van der Waals surface area contributed by atoms with Crippen molar-refractivity contribution in [1.82, 2.24) is 9.88 Å². The summed E-state index contributed by atoms with van der Waals surface area (Å²) in [5.41, 5.74) is 15.2. The Morgan fingerprint density at radius 1 is 0.971 bits per heavy atom. The summed E-state index contributed by atoms with van der Waals surface area (Å²) in [7, 11) is 0. The number of aromatic nitrogens is 1. The second-order valence-electron chi connectivity index (χ2n) is 9.89. The van der Waals surface area contributed by atoms with Gasteiger partial charge in [-0.3, -0.25) is 10.2 Å². The van der Waals surface area contributed by atoms with Crippen LogP contribution >= 0.6 is 0 Å². The molecule has 0 spiro atoms. The van der Waals surface area contributed by atoms with E-state index < -0.39 is 0 Å². The van der Waals surface area contributed by atoms with Gasteiger partial charge in [0.15, 0.2) is 0 Å². The van der Waals surface area contributed by atoms with Gasteiger partial charge in [0.2, 0.25) is 0 Å². The van der Waals surface area contributed by atoms with Crippen LogP contribution < -0.4 is 16.8 Å². The number of rotatable bonds is 7. The highest BCUT2D eigenvalue weighted by Crippen LogP contribution is 2.35. The number of nitrogens with two attached hydrogens (primary N) is 2. The predicted molar refractivity (Wildman–Crippen MR) is 143 cm³/mol. The first kappa shape index (κ1) is 23.1.